The highest BCUT2D eigenvalue weighted by Gasteiger charge is 2.13. The maximum atomic E-state index is 11.1. The summed E-state index contributed by atoms with van der Waals surface area (Å²) in [6, 6.07) is 9.65. The minimum absolute atomic E-state index is 0.321. The molecule has 0 aliphatic rings. The van der Waals surface area contributed by atoms with Crippen LogP contribution in [0.3, 0.4) is 0 Å². The van der Waals surface area contributed by atoms with Crippen LogP contribution in [0.15, 0.2) is 36.4 Å². The Morgan fingerprint density at radius 2 is 1.95 bits per heavy atom. The van der Waals surface area contributed by atoms with Gasteiger partial charge < -0.3 is 20.9 Å². The highest BCUT2D eigenvalue weighted by molar-refractivity contribution is 6.32. The van der Waals surface area contributed by atoms with Gasteiger partial charge in [-0.1, -0.05) is 17.7 Å². The first-order valence-electron chi connectivity index (χ1n) is 5.72. The fraction of sp³-hybridized carbons (Fsp3) is 0.0714. The molecule has 0 saturated carbocycles. The van der Waals surface area contributed by atoms with E-state index in [4.69, 9.17) is 32.5 Å². The zero-order chi connectivity index (χ0) is 14.7. The number of rotatable bonds is 4. The van der Waals surface area contributed by atoms with Gasteiger partial charge in [-0.3, -0.25) is 4.79 Å². The zero-order valence-electron chi connectivity index (χ0n) is 10.7. The molecule has 0 aromatic heterocycles. The van der Waals surface area contributed by atoms with Crippen LogP contribution in [0.4, 0.5) is 5.69 Å². The molecule has 4 N–H and O–H groups in total. The molecule has 20 heavy (non-hydrogen) atoms. The van der Waals surface area contributed by atoms with Crippen LogP contribution in [0.2, 0.25) is 5.02 Å². The Bertz CT molecular complexity index is 639. The number of ether oxygens (including phenoxy) is 2. The summed E-state index contributed by atoms with van der Waals surface area (Å²) in [4.78, 5) is 11.1. The van der Waals surface area contributed by atoms with E-state index in [0.29, 0.717) is 33.5 Å². The number of benzene rings is 2. The lowest BCUT2D eigenvalue weighted by Gasteiger charge is -2.13. The summed E-state index contributed by atoms with van der Waals surface area (Å²) in [5.74, 6) is 0.532. The van der Waals surface area contributed by atoms with Crippen molar-refractivity contribution >= 4 is 23.2 Å². The van der Waals surface area contributed by atoms with Gasteiger partial charge in [-0.2, -0.15) is 0 Å². The number of primary amides is 1. The number of anilines is 1. The van der Waals surface area contributed by atoms with Gasteiger partial charge in [0.05, 0.1) is 17.8 Å². The fourth-order valence-corrected chi connectivity index (χ4v) is 1.87. The predicted molar refractivity (Wildman–Crippen MR) is 77.5 cm³/mol. The van der Waals surface area contributed by atoms with Gasteiger partial charge in [-0.05, 0) is 30.3 Å². The second-order valence-electron chi connectivity index (χ2n) is 3.99. The Morgan fingerprint density at radius 1 is 1.20 bits per heavy atom. The minimum Gasteiger partial charge on any atom is -0.493 e. The molecule has 0 fully saturated rings. The van der Waals surface area contributed by atoms with E-state index in [0.717, 1.165) is 0 Å². The summed E-state index contributed by atoms with van der Waals surface area (Å²) in [6.07, 6.45) is 0. The van der Waals surface area contributed by atoms with Crippen LogP contribution in [-0.4, -0.2) is 13.0 Å². The number of nitrogen functional groups attached to an aromatic ring is 1. The molecule has 0 atom stereocenters. The first-order valence-corrected chi connectivity index (χ1v) is 6.10. The van der Waals surface area contributed by atoms with Crippen molar-refractivity contribution in [3.05, 3.63) is 47.0 Å². The largest absolute Gasteiger partial charge is 0.493 e. The van der Waals surface area contributed by atoms with E-state index in [1.54, 1.807) is 24.3 Å². The average molecular weight is 293 g/mol. The van der Waals surface area contributed by atoms with E-state index >= 15 is 0 Å². The lowest BCUT2D eigenvalue weighted by atomic mass is 10.2. The summed E-state index contributed by atoms with van der Waals surface area (Å²) in [5.41, 5.74) is 11.7. The van der Waals surface area contributed by atoms with E-state index in [9.17, 15) is 4.79 Å². The molecule has 5 nitrogen and oxygen atoms in total. The highest BCUT2D eigenvalue weighted by Crippen LogP contribution is 2.38. The Kier molecular flexibility index (Phi) is 4.00. The third-order valence-corrected chi connectivity index (χ3v) is 2.96. The fourth-order valence-electron chi connectivity index (χ4n) is 1.65. The molecule has 6 heteroatoms. The van der Waals surface area contributed by atoms with Gasteiger partial charge in [0, 0.05) is 5.56 Å². The second-order valence-corrected chi connectivity index (χ2v) is 4.40. The van der Waals surface area contributed by atoms with Crippen LogP contribution in [0.1, 0.15) is 10.4 Å². The topological polar surface area (TPSA) is 87.6 Å². The van der Waals surface area contributed by atoms with Crippen LogP contribution in [0.25, 0.3) is 0 Å². The zero-order valence-corrected chi connectivity index (χ0v) is 11.5. The number of halogens is 1. The van der Waals surface area contributed by atoms with Crippen LogP contribution in [0, 0.1) is 0 Å². The number of carbonyl (C=O) groups is 1. The van der Waals surface area contributed by atoms with Gasteiger partial charge in [0.25, 0.3) is 0 Å². The number of methoxy groups -OCH3 is 1. The Labute approximate surface area is 121 Å². The highest BCUT2D eigenvalue weighted by atomic mass is 35.5. The van der Waals surface area contributed by atoms with Crippen molar-refractivity contribution in [1.82, 2.24) is 0 Å². The van der Waals surface area contributed by atoms with Crippen molar-refractivity contribution in [2.45, 2.75) is 0 Å². The van der Waals surface area contributed by atoms with E-state index in [2.05, 4.69) is 0 Å². The normalized spacial score (nSPS) is 10.1. The van der Waals surface area contributed by atoms with Gasteiger partial charge in [0.15, 0.2) is 17.2 Å². The van der Waals surface area contributed by atoms with Crippen LogP contribution < -0.4 is 20.9 Å². The molecule has 0 aliphatic carbocycles. The van der Waals surface area contributed by atoms with Crippen molar-refractivity contribution < 1.29 is 14.3 Å². The molecular formula is C14H13ClN2O3. The third kappa shape index (κ3) is 2.78. The molecule has 104 valence electrons. The second kappa shape index (κ2) is 5.71. The van der Waals surface area contributed by atoms with Gasteiger partial charge in [-0.15, -0.1) is 0 Å². The van der Waals surface area contributed by atoms with E-state index in [1.165, 1.54) is 19.2 Å². The molecule has 2 rings (SSSR count). The molecule has 2 aromatic rings. The monoisotopic (exact) mass is 292 g/mol. The molecule has 0 aliphatic heterocycles. The number of hydrogen-bond donors (Lipinski definition) is 2. The summed E-state index contributed by atoms with van der Waals surface area (Å²) in [6.45, 7) is 0. The summed E-state index contributed by atoms with van der Waals surface area (Å²) >= 11 is 6.04. The quantitative estimate of drug-likeness (QED) is 0.848. The first-order chi connectivity index (χ1) is 9.52. The maximum Gasteiger partial charge on any atom is 0.248 e. The van der Waals surface area contributed by atoms with Crippen molar-refractivity contribution in [2.24, 2.45) is 5.73 Å². The summed E-state index contributed by atoms with van der Waals surface area (Å²) < 4.78 is 10.8. The molecule has 0 saturated heterocycles. The molecule has 0 unspecified atom stereocenters. The lowest BCUT2D eigenvalue weighted by molar-refractivity contribution is 0.1000. The summed E-state index contributed by atoms with van der Waals surface area (Å²) in [5, 5.41) is 0.381. The Balaban J connectivity index is 2.41. The number of amides is 1. The van der Waals surface area contributed by atoms with Crippen LogP contribution >= 0.6 is 11.6 Å². The van der Waals surface area contributed by atoms with Gasteiger partial charge >= 0.3 is 0 Å². The SMILES string of the molecule is COc1cc(C(N)=O)ccc1Oc1c(N)cccc1Cl. The smallest absolute Gasteiger partial charge is 0.248 e. The number of nitrogens with two attached hydrogens (primary N) is 2. The maximum absolute atomic E-state index is 11.1. The standard InChI is InChI=1S/C14H13ClN2O3/c1-19-12-7-8(14(17)18)5-6-11(12)20-13-9(15)3-2-4-10(13)16/h2-7H,16H2,1H3,(H2,17,18). The molecule has 0 bridgehead atoms. The predicted octanol–water partition coefficient (Wildman–Crippen LogP) is 2.82. The van der Waals surface area contributed by atoms with Gasteiger partial charge in [0.1, 0.15) is 0 Å². The van der Waals surface area contributed by atoms with Crippen LogP contribution in [0.5, 0.6) is 17.2 Å². The number of carbonyl (C=O) groups excluding carboxylic acids is 1. The Morgan fingerprint density at radius 3 is 2.55 bits per heavy atom. The van der Waals surface area contributed by atoms with Gasteiger partial charge in [0.2, 0.25) is 5.91 Å². The minimum atomic E-state index is -0.549. The summed E-state index contributed by atoms with van der Waals surface area (Å²) in [7, 11) is 1.46. The molecule has 1 amide bonds. The van der Waals surface area contributed by atoms with Crippen molar-refractivity contribution in [3.8, 4) is 17.2 Å². The molecule has 0 heterocycles. The molecule has 0 spiro atoms. The average Bonchev–Trinajstić information content (AvgIpc) is 2.43. The Hall–Kier alpha value is -2.40. The first kappa shape index (κ1) is 14.0. The van der Waals surface area contributed by atoms with E-state index < -0.39 is 5.91 Å². The van der Waals surface area contributed by atoms with E-state index in [-0.39, 0.29) is 0 Å². The van der Waals surface area contributed by atoms with Crippen LogP contribution in [-0.2, 0) is 0 Å². The number of para-hydroxylation sites is 1. The van der Waals surface area contributed by atoms with Crippen molar-refractivity contribution in [1.29, 1.82) is 0 Å². The molecular weight excluding hydrogens is 280 g/mol. The molecule has 0 radical (unpaired) electrons. The van der Waals surface area contributed by atoms with Crippen molar-refractivity contribution in [3.63, 3.8) is 0 Å². The number of hydrogen-bond acceptors (Lipinski definition) is 4. The van der Waals surface area contributed by atoms with Gasteiger partial charge in [-0.25, -0.2) is 0 Å². The lowest BCUT2D eigenvalue weighted by Crippen LogP contribution is -2.10. The molecule has 2 aromatic carbocycles. The van der Waals surface area contributed by atoms with Crippen molar-refractivity contribution in [2.75, 3.05) is 12.8 Å². The third-order valence-electron chi connectivity index (χ3n) is 2.66. The van der Waals surface area contributed by atoms with E-state index in [1.807, 2.05) is 0 Å².